The molecule has 2 aromatic rings. The molecule has 2 atom stereocenters. The van der Waals surface area contributed by atoms with E-state index in [1.54, 1.807) is 23.0 Å². The average molecular weight is 349 g/mol. The molecule has 1 aromatic heterocycles. The van der Waals surface area contributed by atoms with Crippen LogP contribution in [0.25, 0.3) is 5.69 Å². The van der Waals surface area contributed by atoms with Crippen molar-refractivity contribution in [1.82, 2.24) is 20.4 Å². The van der Waals surface area contributed by atoms with Gasteiger partial charge in [0.25, 0.3) is 0 Å². The Kier molecular flexibility index (Phi) is 5.37. The number of benzene rings is 1. The second kappa shape index (κ2) is 7.68. The fraction of sp³-hybridized carbons (Fsp3) is 0.412. The number of nitrogens with one attached hydrogen (secondary N) is 2. The number of rotatable bonds is 5. The molecule has 1 aliphatic carbocycles. The van der Waals surface area contributed by atoms with Crippen molar-refractivity contribution >= 4 is 17.6 Å². The van der Waals surface area contributed by atoms with Crippen LogP contribution in [0.1, 0.15) is 24.8 Å². The number of carbonyl (C=O) groups excluding carboxylic acids is 1. The van der Waals surface area contributed by atoms with Crippen LogP contribution in [0.2, 0.25) is 5.02 Å². The van der Waals surface area contributed by atoms with Crippen LogP contribution < -0.4 is 10.6 Å². The summed E-state index contributed by atoms with van der Waals surface area (Å²) in [5.74, 6) is 0.170. The van der Waals surface area contributed by atoms with Crippen molar-refractivity contribution in [3.63, 3.8) is 0 Å². The SMILES string of the molecule is O=C(NCc1cnn(-c2ccc(Cl)cc2)c1)NCC1CCCC1O. The standard InChI is InChI=1S/C17H21ClN4O2/c18-14-4-6-15(7-5-14)22-11-12(9-21-22)8-19-17(24)20-10-13-2-1-3-16(13)23/h4-7,9,11,13,16,23H,1-3,8,10H2,(H2,19,20,24). The number of halogens is 1. The Morgan fingerprint density at radius 1 is 1.29 bits per heavy atom. The van der Waals surface area contributed by atoms with Gasteiger partial charge in [-0.25, -0.2) is 9.48 Å². The monoisotopic (exact) mass is 348 g/mol. The molecule has 3 rings (SSSR count). The summed E-state index contributed by atoms with van der Waals surface area (Å²) >= 11 is 5.87. The van der Waals surface area contributed by atoms with Crippen molar-refractivity contribution in [3.05, 3.63) is 47.2 Å². The van der Waals surface area contributed by atoms with Gasteiger partial charge in [-0.15, -0.1) is 0 Å². The lowest BCUT2D eigenvalue weighted by molar-refractivity contribution is 0.132. The summed E-state index contributed by atoms with van der Waals surface area (Å²) in [4.78, 5) is 11.8. The number of aliphatic hydroxyl groups is 1. The Morgan fingerprint density at radius 3 is 2.79 bits per heavy atom. The van der Waals surface area contributed by atoms with Gasteiger partial charge < -0.3 is 15.7 Å². The van der Waals surface area contributed by atoms with Gasteiger partial charge in [-0.1, -0.05) is 18.0 Å². The highest BCUT2D eigenvalue weighted by molar-refractivity contribution is 6.30. The molecule has 128 valence electrons. The largest absolute Gasteiger partial charge is 0.393 e. The Hall–Kier alpha value is -2.05. The first-order chi connectivity index (χ1) is 11.6. The Morgan fingerprint density at radius 2 is 2.08 bits per heavy atom. The lowest BCUT2D eigenvalue weighted by Crippen LogP contribution is -2.39. The van der Waals surface area contributed by atoms with E-state index in [2.05, 4.69) is 15.7 Å². The van der Waals surface area contributed by atoms with Gasteiger partial charge in [-0.2, -0.15) is 5.10 Å². The first-order valence-corrected chi connectivity index (χ1v) is 8.49. The summed E-state index contributed by atoms with van der Waals surface area (Å²) in [6.45, 7) is 0.906. The molecule has 6 nitrogen and oxygen atoms in total. The fourth-order valence-corrected chi connectivity index (χ4v) is 3.04. The van der Waals surface area contributed by atoms with E-state index in [1.165, 1.54) is 0 Å². The summed E-state index contributed by atoms with van der Waals surface area (Å²) in [6.07, 6.45) is 6.12. The number of aromatic nitrogens is 2. The highest BCUT2D eigenvalue weighted by Crippen LogP contribution is 2.24. The summed E-state index contributed by atoms with van der Waals surface area (Å²) in [6, 6.07) is 7.15. The van der Waals surface area contributed by atoms with Crippen molar-refractivity contribution in [2.24, 2.45) is 5.92 Å². The lowest BCUT2D eigenvalue weighted by Gasteiger charge is -2.15. The third-order valence-corrected chi connectivity index (χ3v) is 4.58. The van der Waals surface area contributed by atoms with Crippen molar-refractivity contribution in [3.8, 4) is 5.69 Å². The van der Waals surface area contributed by atoms with Crippen molar-refractivity contribution in [2.75, 3.05) is 6.54 Å². The number of aliphatic hydroxyl groups excluding tert-OH is 1. The predicted molar refractivity (Wildman–Crippen MR) is 92.2 cm³/mol. The van der Waals surface area contributed by atoms with Gasteiger partial charge in [0.15, 0.2) is 0 Å². The van der Waals surface area contributed by atoms with E-state index in [0.717, 1.165) is 30.5 Å². The topological polar surface area (TPSA) is 79.2 Å². The Labute approximate surface area is 145 Å². The van der Waals surface area contributed by atoms with Crippen LogP contribution in [0.3, 0.4) is 0 Å². The number of nitrogens with zero attached hydrogens (tertiary/aromatic N) is 2. The molecule has 0 aliphatic heterocycles. The van der Waals surface area contributed by atoms with Crippen LogP contribution in [0.15, 0.2) is 36.7 Å². The van der Waals surface area contributed by atoms with Crippen LogP contribution in [0.4, 0.5) is 4.79 Å². The highest BCUT2D eigenvalue weighted by atomic mass is 35.5. The van der Waals surface area contributed by atoms with E-state index in [9.17, 15) is 9.90 Å². The Balaban J connectivity index is 1.46. The molecule has 3 N–H and O–H groups in total. The van der Waals surface area contributed by atoms with Crippen molar-refractivity contribution in [1.29, 1.82) is 0 Å². The van der Waals surface area contributed by atoms with E-state index in [4.69, 9.17) is 11.6 Å². The first kappa shape index (κ1) is 16.8. The smallest absolute Gasteiger partial charge is 0.315 e. The molecule has 7 heteroatoms. The van der Waals surface area contributed by atoms with E-state index < -0.39 is 0 Å². The number of amides is 2. The first-order valence-electron chi connectivity index (χ1n) is 8.11. The quantitative estimate of drug-likeness (QED) is 0.776. The van der Waals surface area contributed by atoms with Gasteiger partial charge in [0.1, 0.15) is 0 Å². The second-order valence-electron chi connectivity index (χ2n) is 6.09. The molecule has 0 saturated heterocycles. The number of hydrogen-bond donors (Lipinski definition) is 3. The number of carbonyl (C=O) groups is 1. The van der Waals surface area contributed by atoms with Gasteiger partial charge in [-0.3, -0.25) is 0 Å². The molecular weight excluding hydrogens is 328 g/mol. The van der Waals surface area contributed by atoms with Gasteiger partial charge in [0, 0.05) is 35.8 Å². The molecule has 2 unspecified atom stereocenters. The molecule has 1 saturated carbocycles. The van der Waals surface area contributed by atoms with Gasteiger partial charge in [0.05, 0.1) is 18.0 Å². The summed E-state index contributed by atoms with van der Waals surface area (Å²) in [5, 5.41) is 20.3. The van der Waals surface area contributed by atoms with E-state index >= 15 is 0 Å². The zero-order valence-corrected chi connectivity index (χ0v) is 14.0. The zero-order valence-electron chi connectivity index (χ0n) is 13.3. The third kappa shape index (κ3) is 4.27. The second-order valence-corrected chi connectivity index (χ2v) is 6.53. The molecule has 1 aliphatic rings. The maximum atomic E-state index is 11.8. The van der Waals surface area contributed by atoms with Gasteiger partial charge in [0.2, 0.25) is 0 Å². The Bertz CT molecular complexity index is 686. The summed E-state index contributed by atoms with van der Waals surface area (Å²) < 4.78 is 1.74. The zero-order chi connectivity index (χ0) is 16.9. The predicted octanol–water partition coefficient (Wildman–Crippen LogP) is 2.49. The lowest BCUT2D eigenvalue weighted by atomic mass is 10.1. The maximum Gasteiger partial charge on any atom is 0.315 e. The van der Waals surface area contributed by atoms with Crippen LogP contribution in [0.5, 0.6) is 0 Å². The molecule has 24 heavy (non-hydrogen) atoms. The number of urea groups is 1. The molecule has 1 fully saturated rings. The molecule has 1 aromatic carbocycles. The van der Waals surface area contributed by atoms with Gasteiger partial charge >= 0.3 is 6.03 Å². The van der Waals surface area contributed by atoms with Crippen LogP contribution >= 0.6 is 11.6 Å². The number of hydrogen-bond acceptors (Lipinski definition) is 3. The molecule has 0 spiro atoms. The molecule has 2 amide bonds. The van der Waals surface area contributed by atoms with E-state index in [1.807, 2.05) is 18.3 Å². The van der Waals surface area contributed by atoms with Crippen LogP contribution in [-0.2, 0) is 6.54 Å². The normalized spacial score (nSPS) is 20.1. The van der Waals surface area contributed by atoms with E-state index in [-0.39, 0.29) is 18.1 Å². The van der Waals surface area contributed by atoms with Crippen LogP contribution in [-0.4, -0.2) is 33.6 Å². The molecule has 1 heterocycles. The van der Waals surface area contributed by atoms with Crippen molar-refractivity contribution in [2.45, 2.75) is 31.9 Å². The maximum absolute atomic E-state index is 11.8. The van der Waals surface area contributed by atoms with Crippen molar-refractivity contribution < 1.29 is 9.90 Å². The molecular formula is C17H21ClN4O2. The summed E-state index contributed by atoms with van der Waals surface area (Å²) in [7, 11) is 0. The minimum absolute atomic E-state index is 0.170. The minimum Gasteiger partial charge on any atom is -0.393 e. The average Bonchev–Trinajstić information content (AvgIpc) is 3.21. The molecule has 0 bridgehead atoms. The molecule has 0 radical (unpaired) electrons. The fourth-order valence-electron chi connectivity index (χ4n) is 2.91. The minimum atomic E-state index is -0.289. The van der Waals surface area contributed by atoms with Crippen LogP contribution in [0, 0.1) is 5.92 Å². The van der Waals surface area contributed by atoms with Gasteiger partial charge in [-0.05, 0) is 37.1 Å². The third-order valence-electron chi connectivity index (χ3n) is 4.32. The summed E-state index contributed by atoms with van der Waals surface area (Å²) in [5.41, 5.74) is 1.81. The highest BCUT2D eigenvalue weighted by Gasteiger charge is 2.25. The van der Waals surface area contributed by atoms with E-state index in [0.29, 0.717) is 18.1 Å².